The first-order valence-electron chi connectivity index (χ1n) is 9.61. The van der Waals surface area contributed by atoms with Gasteiger partial charge in [0.2, 0.25) is 0 Å². The molecule has 0 unspecified atom stereocenters. The molecule has 1 fully saturated rings. The Kier molecular flexibility index (Phi) is 9.36. The summed E-state index contributed by atoms with van der Waals surface area (Å²) in [6.45, 7) is 8.58. The molecule has 0 aliphatic carbocycles. The maximum atomic E-state index is 12.7. The number of morpholine rings is 1. The molecule has 0 radical (unpaired) electrons. The van der Waals surface area contributed by atoms with Crippen LogP contribution in [0.25, 0.3) is 0 Å². The van der Waals surface area contributed by atoms with E-state index in [9.17, 15) is 13.2 Å². The van der Waals surface area contributed by atoms with Gasteiger partial charge in [-0.15, -0.1) is 0 Å². The number of hydrogen-bond acceptors (Lipinski definition) is 4. The third-order valence-corrected chi connectivity index (χ3v) is 4.17. The summed E-state index contributed by atoms with van der Waals surface area (Å²) in [5, 5.41) is 6.28. The molecule has 158 valence electrons. The van der Waals surface area contributed by atoms with E-state index in [1.54, 1.807) is 0 Å². The minimum atomic E-state index is -4.37. The van der Waals surface area contributed by atoms with Gasteiger partial charge in [-0.2, -0.15) is 13.2 Å². The molecule has 0 atom stereocenters. The predicted octanol–water partition coefficient (Wildman–Crippen LogP) is 2.36. The van der Waals surface area contributed by atoms with Crippen molar-refractivity contribution in [2.75, 3.05) is 59.1 Å². The molecular formula is C19H29F3N4O2. The first-order chi connectivity index (χ1) is 13.5. The van der Waals surface area contributed by atoms with E-state index in [1.165, 1.54) is 12.1 Å². The van der Waals surface area contributed by atoms with Crippen LogP contribution in [-0.4, -0.2) is 69.9 Å². The normalized spacial score (nSPS) is 16.1. The fourth-order valence-corrected chi connectivity index (χ4v) is 2.75. The van der Waals surface area contributed by atoms with Crippen LogP contribution in [0.3, 0.4) is 0 Å². The van der Waals surface area contributed by atoms with Crippen LogP contribution in [0.4, 0.5) is 13.2 Å². The number of benzene rings is 1. The van der Waals surface area contributed by atoms with E-state index in [2.05, 4.69) is 20.5 Å². The molecule has 1 aliphatic heterocycles. The minimum Gasteiger partial charge on any atom is -0.492 e. The highest BCUT2D eigenvalue weighted by Crippen LogP contribution is 2.31. The van der Waals surface area contributed by atoms with Crippen molar-refractivity contribution in [2.24, 2.45) is 4.99 Å². The lowest BCUT2D eigenvalue weighted by Gasteiger charge is -2.26. The van der Waals surface area contributed by atoms with E-state index in [1.807, 2.05) is 6.92 Å². The van der Waals surface area contributed by atoms with Crippen molar-refractivity contribution >= 4 is 5.96 Å². The number of nitrogens with one attached hydrogen (secondary N) is 2. The molecule has 9 heteroatoms. The molecule has 0 spiro atoms. The second kappa shape index (κ2) is 11.8. The summed E-state index contributed by atoms with van der Waals surface area (Å²) in [5.74, 6) is 0.876. The van der Waals surface area contributed by atoms with E-state index in [-0.39, 0.29) is 12.4 Å². The third kappa shape index (κ3) is 8.35. The molecule has 0 aromatic heterocycles. The van der Waals surface area contributed by atoms with Gasteiger partial charge in [0.15, 0.2) is 5.96 Å². The van der Waals surface area contributed by atoms with Crippen molar-refractivity contribution in [3.8, 4) is 5.75 Å². The zero-order valence-corrected chi connectivity index (χ0v) is 16.2. The first-order valence-corrected chi connectivity index (χ1v) is 9.61. The molecule has 1 aromatic rings. The second-order valence-corrected chi connectivity index (χ2v) is 6.37. The number of guanidine groups is 1. The van der Waals surface area contributed by atoms with Gasteiger partial charge in [-0.3, -0.25) is 9.89 Å². The molecule has 0 saturated carbocycles. The number of alkyl halides is 3. The standard InChI is InChI=1S/C19H29F3N4O2/c1-2-23-18(24-7-4-9-26-10-13-27-14-11-26)25-8-12-28-17-6-3-5-16(15-17)19(20,21)22/h3,5-6,15H,2,4,7-14H2,1H3,(H2,23,24,25). The number of halogens is 3. The lowest BCUT2D eigenvalue weighted by atomic mass is 10.2. The van der Waals surface area contributed by atoms with E-state index in [4.69, 9.17) is 9.47 Å². The number of nitrogens with zero attached hydrogens (tertiary/aromatic N) is 2. The number of ether oxygens (including phenoxy) is 2. The van der Waals surface area contributed by atoms with E-state index in [0.717, 1.165) is 57.9 Å². The Labute approximate surface area is 164 Å². The molecule has 6 nitrogen and oxygen atoms in total. The fraction of sp³-hybridized carbons (Fsp3) is 0.632. The third-order valence-electron chi connectivity index (χ3n) is 4.17. The van der Waals surface area contributed by atoms with Gasteiger partial charge in [-0.25, -0.2) is 0 Å². The number of hydrogen-bond donors (Lipinski definition) is 2. The number of aliphatic imine (C=N–C) groups is 1. The van der Waals surface area contributed by atoms with Crippen molar-refractivity contribution in [3.63, 3.8) is 0 Å². The highest BCUT2D eigenvalue weighted by Gasteiger charge is 2.30. The predicted molar refractivity (Wildman–Crippen MR) is 103 cm³/mol. The van der Waals surface area contributed by atoms with Gasteiger partial charge < -0.3 is 20.1 Å². The Balaban J connectivity index is 1.69. The molecule has 2 rings (SSSR count). The van der Waals surface area contributed by atoms with Crippen molar-refractivity contribution in [1.82, 2.24) is 15.5 Å². The lowest BCUT2D eigenvalue weighted by molar-refractivity contribution is -0.137. The topological polar surface area (TPSA) is 58.1 Å². The van der Waals surface area contributed by atoms with Gasteiger partial charge in [0.05, 0.1) is 25.3 Å². The average Bonchev–Trinajstić information content (AvgIpc) is 2.69. The van der Waals surface area contributed by atoms with Crippen molar-refractivity contribution in [3.05, 3.63) is 29.8 Å². The van der Waals surface area contributed by atoms with Gasteiger partial charge in [-0.05, 0) is 31.5 Å². The monoisotopic (exact) mass is 402 g/mol. The summed E-state index contributed by atoms with van der Waals surface area (Å²) in [5.41, 5.74) is -0.715. The quantitative estimate of drug-likeness (QED) is 0.377. The largest absolute Gasteiger partial charge is 0.492 e. The van der Waals surface area contributed by atoms with Crippen LogP contribution in [0, 0.1) is 0 Å². The summed E-state index contributed by atoms with van der Waals surface area (Å²) in [4.78, 5) is 6.88. The van der Waals surface area contributed by atoms with Crippen LogP contribution < -0.4 is 15.4 Å². The van der Waals surface area contributed by atoms with Crippen molar-refractivity contribution in [1.29, 1.82) is 0 Å². The van der Waals surface area contributed by atoms with Crippen LogP contribution in [-0.2, 0) is 10.9 Å². The van der Waals surface area contributed by atoms with E-state index >= 15 is 0 Å². The van der Waals surface area contributed by atoms with Gasteiger partial charge in [0, 0.05) is 32.7 Å². The molecule has 0 amide bonds. The zero-order chi connectivity index (χ0) is 20.2. The Morgan fingerprint density at radius 2 is 2.04 bits per heavy atom. The van der Waals surface area contributed by atoms with Crippen LogP contribution in [0.1, 0.15) is 18.9 Å². The second-order valence-electron chi connectivity index (χ2n) is 6.37. The summed E-state index contributed by atoms with van der Waals surface area (Å²) < 4.78 is 48.9. The zero-order valence-electron chi connectivity index (χ0n) is 16.2. The lowest BCUT2D eigenvalue weighted by Crippen LogP contribution is -2.40. The van der Waals surface area contributed by atoms with Gasteiger partial charge >= 0.3 is 6.18 Å². The van der Waals surface area contributed by atoms with E-state index in [0.29, 0.717) is 19.0 Å². The molecule has 1 heterocycles. The van der Waals surface area contributed by atoms with Gasteiger partial charge in [0.1, 0.15) is 12.4 Å². The van der Waals surface area contributed by atoms with Gasteiger partial charge in [-0.1, -0.05) is 6.07 Å². The first kappa shape index (κ1) is 22.3. The smallest absolute Gasteiger partial charge is 0.416 e. The highest BCUT2D eigenvalue weighted by molar-refractivity contribution is 5.79. The molecule has 1 aliphatic rings. The summed E-state index contributed by atoms with van der Waals surface area (Å²) in [6.07, 6.45) is -3.42. The summed E-state index contributed by atoms with van der Waals surface area (Å²) in [7, 11) is 0. The summed E-state index contributed by atoms with van der Waals surface area (Å²) in [6, 6.07) is 4.88. The Morgan fingerprint density at radius 3 is 2.75 bits per heavy atom. The Bertz CT molecular complexity index is 605. The van der Waals surface area contributed by atoms with Crippen LogP contribution in [0.2, 0.25) is 0 Å². The average molecular weight is 402 g/mol. The van der Waals surface area contributed by atoms with Crippen LogP contribution >= 0.6 is 0 Å². The van der Waals surface area contributed by atoms with Gasteiger partial charge in [0.25, 0.3) is 0 Å². The van der Waals surface area contributed by atoms with E-state index < -0.39 is 11.7 Å². The van der Waals surface area contributed by atoms with Crippen molar-refractivity contribution < 1.29 is 22.6 Å². The molecular weight excluding hydrogens is 373 g/mol. The van der Waals surface area contributed by atoms with Crippen LogP contribution in [0.5, 0.6) is 5.75 Å². The molecule has 0 bridgehead atoms. The fourth-order valence-electron chi connectivity index (χ4n) is 2.75. The maximum Gasteiger partial charge on any atom is 0.416 e. The maximum absolute atomic E-state index is 12.7. The molecule has 2 N–H and O–H groups in total. The molecule has 1 aromatic carbocycles. The van der Waals surface area contributed by atoms with Crippen molar-refractivity contribution in [2.45, 2.75) is 19.5 Å². The Hall–Kier alpha value is -2.00. The Morgan fingerprint density at radius 1 is 1.25 bits per heavy atom. The molecule has 1 saturated heterocycles. The summed E-state index contributed by atoms with van der Waals surface area (Å²) >= 11 is 0. The van der Waals surface area contributed by atoms with Crippen LogP contribution in [0.15, 0.2) is 29.3 Å². The SMILES string of the molecule is CCNC(=NCCCN1CCOCC1)NCCOc1cccc(C(F)(F)F)c1. The minimum absolute atomic E-state index is 0.198. The highest BCUT2D eigenvalue weighted by atomic mass is 19.4. The molecule has 28 heavy (non-hydrogen) atoms. The number of rotatable bonds is 9.